The van der Waals surface area contributed by atoms with Gasteiger partial charge in [0.2, 0.25) is 0 Å². The standard InChI is InChI=1S/C20H23F2N3O2.ClH/c1-20(12-23)10-11-25(13-20)18(26)16-4-2-3-5-17(16)24-14-6-8-15(9-7-14)27-19(21)22;/h2-9,19,24H,10-13,23H2,1H3;1H. The smallest absolute Gasteiger partial charge is 0.387 e. The SMILES string of the molecule is CC1(CN)CCN(C(=O)c2ccccc2Nc2ccc(OC(F)F)cc2)C1.Cl. The molecule has 3 N–H and O–H groups in total. The molecule has 1 heterocycles. The van der Waals surface area contributed by atoms with Crippen molar-refractivity contribution in [1.82, 2.24) is 4.90 Å². The Balaban J connectivity index is 0.00000280. The van der Waals surface area contributed by atoms with E-state index in [0.29, 0.717) is 36.6 Å². The number of alkyl halides is 2. The van der Waals surface area contributed by atoms with Crippen LogP contribution in [0.5, 0.6) is 5.75 Å². The molecule has 0 bridgehead atoms. The zero-order chi connectivity index (χ0) is 19.4. The molecule has 2 aromatic rings. The maximum Gasteiger partial charge on any atom is 0.387 e. The minimum Gasteiger partial charge on any atom is -0.435 e. The lowest BCUT2D eigenvalue weighted by molar-refractivity contribution is -0.0498. The van der Waals surface area contributed by atoms with Gasteiger partial charge >= 0.3 is 6.61 Å². The molecule has 1 amide bonds. The second-order valence-electron chi connectivity index (χ2n) is 7.06. The summed E-state index contributed by atoms with van der Waals surface area (Å²) in [7, 11) is 0. The van der Waals surface area contributed by atoms with E-state index in [1.54, 1.807) is 18.2 Å². The molecule has 0 radical (unpaired) electrons. The summed E-state index contributed by atoms with van der Waals surface area (Å²) < 4.78 is 28.8. The predicted molar refractivity (Wildman–Crippen MR) is 108 cm³/mol. The van der Waals surface area contributed by atoms with Crippen molar-refractivity contribution in [1.29, 1.82) is 0 Å². The maximum absolute atomic E-state index is 13.0. The highest BCUT2D eigenvalue weighted by molar-refractivity contribution is 6.00. The molecule has 0 spiro atoms. The van der Waals surface area contributed by atoms with Crippen LogP contribution in [0.3, 0.4) is 0 Å². The van der Waals surface area contributed by atoms with E-state index in [0.717, 1.165) is 6.42 Å². The number of amides is 1. The third-order valence-electron chi connectivity index (χ3n) is 4.85. The number of nitrogens with two attached hydrogens (primary N) is 1. The average Bonchev–Trinajstić information content (AvgIpc) is 3.06. The molecule has 0 aromatic heterocycles. The largest absolute Gasteiger partial charge is 0.435 e. The molecule has 1 aliphatic heterocycles. The van der Waals surface area contributed by atoms with E-state index >= 15 is 0 Å². The lowest BCUT2D eigenvalue weighted by Gasteiger charge is -2.23. The van der Waals surface area contributed by atoms with Gasteiger partial charge in [0.15, 0.2) is 0 Å². The Labute approximate surface area is 169 Å². The molecular formula is C20H24ClF2N3O2. The normalized spacial score (nSPS) is 18.7. The van der Waals surface area contributed by atoms with Crippen molar-refractivity contribution in [3.63, 3.8) is 0 Å². The zero-order valence-electron chi connectivity index (χ0n) is 15.5. The highest BCUT2D eigenvalue weighted by atomic mass is 35.5. The Morgan fingerprint density at radius 3 is 2.54 bits per heavy atom. The highest BCUT2D eigenvalue weighted by Gasteiger charge is 2.35. The second kappa shape index (κ2) is 9.21. The van der Waals surface area contributed by atoms with Crippen molar-refractivity contribution < 1.29 is 18.3 Å². The first-order valence-electron chi connectivity index (χ1n) is 8.80. The van der Waals surface area contributed by atoms with Crippen LogP contribution in [-0.2, 0) is 0 Å². The zero-order valence-corrected chi connectivity index (χ0v) is 16.3. The van der Waals surface area contributed by atoms with Crippen LogP contribution in [0.4, 0.5) is 20.2 Å². The third-order valence-corrected chi connectivity index (χ3v) is 4.85. The number of carbonyl (C=O) groups is 1. The quantitative estimate of drug-likeness (QED) is 0.745. The molecule has 0 aliphatic carbocycles. The number of rotatable bonds is 6. The number of anilines is 2. The van der Waals surface area contributed by atoms with E-state index in [-0.39, 0.29) is 29.5 Å². The van der Waals surface area contributed by atoms with Crippen LogP contribution in [0.15, 0.2) is 48.5 Å². The van der Waals surface area contributed by atoms with Gasteiger partial charge in [-0.1, -0.05) is 19.1 Å². The highest BCUT2D eigenvalue weighted by Crippen LogP contribution is 2.31. The van der Waals surface area contributed by atoms with Crippen molar-refractivity contribution in [2.45, 2.75) is 20.0 Å². The first kappa shape index (κ1) is 21.9. The molecular weight excluding hydrogens is 388 g/mol. The van der Waals surface area contributed by atoms with E-state index in [4.69, 9.17) is 5.73 Å². The molecule has 0 saturated carbocycles. The Hall–Kier alpha value is -2.38. The predicted octanol–water partition coefficient (Wildman–Crippen LogP) is 4.26. The molecule has 28 heavy (non-hydrogen) atoms. The van der Waals surface area contributed by atoms with Gasteiger partial charge in [-0.3, -0.25) is 4.79 Å². The molecule has 5 nitrogen and oxygen atoms in total. The van der Waals surface area contributed by atoms with Gasteiger partial charge in [-0.25, -0.2) is 0 Å². The summed E-state index contributed by atoms with van der Waals surface area (Å²) in [5.41, 5.74) is 7.68. The van der Waals surface area contributed by atoms with Crippen LogP contribution in [-0.4, -0.2) is 37.1 Å². The first-order chi connectivity index (χ1) is 12.9. The van der Waals surface area contributed by atoms with Gasteiger partial charge in [0, 0.05) is 18.8 Å². The van der Waals surface area contributed by atoms with Crippen LogP contribution in [0, 0.1) is 5.41 Å². The second-order valence-corrected chi connectivity index (χ2v) is 7.06. The van der Waals surface area contributed by atoms with Gasteiger partial charge < -0.3 is 20.7 Å². The van der Waals surface area contributed by atoms with E-state index in [1.807, 2.05) is 23.1 Å². The van der Waals surface area contributed by atoms with E-state index < -0.39 is 6.61 Å². The summed E-state index contributed by atoms with van der Waals surface area (Å²) in [4.78, 5) is 14.8. The molecule has 1 saturated heterocycles. The van der Waals surface area contributed by atoms with Crippen LogP contribution < -0.4 is 15.8 Å². The third kappa shape index (κ3) is 5.11. The fraction of sp³-hybridized carbons (Fsp3) is 0.350. The Morgan fingerprint density at radius 1 is 1.25 bits per heavy atom. The number of carbonyl (C=O) groups excluding carboxylic acids is 1. The van der Waals surface area contributed by atoms with Gasteiger partial charge in [0.05, 0.1) is 11.3 Å². The minimum absolute atomic E-state index is 0. The van der Waals surface area contributed by atoms with Gasteiger partial charge in [-0.05, 0) is 54.8 Å². The Kier molecular flexibility index (Phi) is 7.21. The minimum atomic E-state index is -2.86. The topological polar surface area (TPSA) is 67.6 Å². The van der Waals surface area contributed by atoms with Gasteiger partial charge in [-0.2, -0.15) is 8.78 Å². The Bertz CT molecular complexity index is 804. The number of benzene rings is 2. The van der Waals surface area contributed by atoms with Crippen LogP contribution in [0.1, 0.15) is 23.7 Å². The summed E-state index contributed by atoms with van der Waals surface area (Å²) in [6.45, 7) is 1.09. The number of ether oxygens (including phenoxy) is 1. The molecule has 8 heteroatoms. The lowest BCUT2D eigenvalue weighted by Crippen LogP contribution is -2.34. The Morgan fingerprint density at radius 2 is 1.93 bits per heavy atom. The fourth-order valence-corrected chi connectivity index (χ4v) is 3.19. The molecule has 1 aliphatic rings. The summed E-state index contributed by atoms with van der Waals surface area (Å²) in [6, 6.07) is 13.4. The van der Waals surface area contributed by atoms with Gasteiger partial charge in [0.1, 0.15) is 5.75 Å². The molecule has 1 unspecified atom stereocenters. The summed E-state index contributed by atoms with van der Waals surface area (Å²) in [5.74, 6) is 0.0333. The first-order valence-corrected chi connectivity index (χ1v) is 8.80. The monoisotopic (exact) mass is 411 g/mol. The van der Waals surface area contributed by atoms with Crippen molar-refractivity contribution in [3.8, 4) is 5.75 Å². The number of hydrogen-bond donors (Lipinski definition) is 2. The molecule has 2 aromatic carbocycles. The van der Waals surface area contributed by atoms with Crippen molar-refractivity contribution in [2.24, 2.45) is 11.1 Å². The number of nitrogens with one attached hydrogen (secondary N) is 1. The van der Waals surface area contributed by atoms with E-state index in [1.165, 1.54) is 12.1 Å². The number of likely N-dealkylation sites (tertiary alicyclic amines) is 1. The lowest BCUT2D eigenvalue weighted by atomic mass is 9.90. The van der Waals surface area contributed by atoms with Crippen molar-refractivity contribution in [3.05, 3.63) is 54.1 Å². The maximum atomic E-state index is 13.0. The van der Waals surface area contributed by atoms with Crippen molar-refractivity contribution >= 4 is 29.7 Å². The molecule has 1 atom stereocenters. The van der Waals surface area contributed by atoms with E-state index in [9.17, 15) is 13.6 Å². The van der Waals surface area contributed by atoms with Crippen molar-refractivity contribution in [2.75, 3.05) is 25.0 Å². The molecule has 1 fully saturated rings. The summed E-state index contributed by atoms with van der Waals surface area (Å²) in [5, 5.41) is 3.18. The van der Waals surface area contributed by atoms with E-state index in [2.05, 4.69) is 17.0 Å². The van der Waals surface area contributed by atoms with Gasteiger partial charge in [-0.15, -0.1) is 12.4 Å². The van der Waals surface area contributed by atoms with Crippen LogP contribution in [0.25, 0.3) is 0 Å². The number of nitrogens with zero attached hydrogens (tertiary/aromatic N) is 1. The molecule has 3 rings (SSSR count). The average molecular weight is 412 g/mol. The van der Waals surface area contributed by atoms with Gasteiger partial charge in [0.25, 0.3) is 5.91 Å². The number of hydrogen-bond acceptors (Lipinski definition) is 4. The number of para-hydroxylation sites is 1. The van der Waals surface area contributed by atoms with Crippen LogP contribution in [0.2, 0.25) is 0 Å². The molecule has 152 valence electrons. The summed E-state index contributed by atoms with van der Waals surface area (Å²) >= 11 is 0. The van der Waals surface area contributed by atoms with Crippen LogP contribution >= 0.6 is 12.4 Å². The summed E-state index contributed by atoms with van der Waals surface area (Å²) in [6.07, 6.45) is 0.885. The number of halogens is 3. The fourth-order valence-electron chi connectivity index (χ4n) is 3.19.